The lowest BCUT2D eigenvalue weighted by atomic mass is 10.1. The van der Waals surface area contributed by atoms with E-state index in [-0.39, 0.29) is 29.2 Å². The third kappa shape index (κ3) is 2.27. The number of Topliss-reactive ketones (excluding diaryl/α,β-unsaturated/α-hetero) is 2. The lowest BCUT2D eigenvalue weighted by Crippen LogP contribution is -2.30. The van der Waals surface area contributed by atoms with Crippen LogP contribution in [0.2, 0.25) is 0 Å². The Labute approximate surface area is 93.9 Å². The third-order valence-corrected chi connectivity index (χ3v) is 2.44. The number of carbonyl (C=O) groups is 2. The molecule has 0 radical (unpaired) electrons. The minimum Gasteiger partial charge on any atom is -0.305 e. The Morgan fingerprint density at radius 1 is 1.25 bits per heavy atom. The number of carbonyl (C=O) groups excluding carboxylic acids is 2. The van der Waals surface area contributed by atoms with Crippen molar-refractivity contribution in [1.82, 2.24) is 4.57 Å². The van der Waals surface area contributed by atoms with Crippen molar-refractivity contribution < 1.29 is 9.59 Å². The van der Waals surface area contributed by atoms with Gasteiger partial charge in [-0.3, -0.25) is 14.4 Å². The van der Waals surface area contributed by atoms with Crippen molar-refractivity contribution in [2.24, 2.45) is 0 Å². The first-order chi connectivity index (χ1) is 7.34. The highest BCUT2D eigenvalue weighted by molar-refractivity contribution is 5.95. The van der Waals surface area contributed by atoms with Gasteiger partial charge in [-0.2, -0.15) is 0 Å². The summed E-state index contributed by atoms with van der Waals surface area (Å²) >= 11 is 0. The summed E-state index contributed by atoms with van der Waals surface area (Å²) in [4.78, 5) is 34.4. The summed E-state index contributed by atoms with van der Waals surface area (Å²) in [6.45, 7) is 6.27. The minimum atomic E-state index is -0.375. The largest absolute Gasteiger partial charge is 0.305 e. The van der Waals surface area contributed by atoms with E-state index in [0.717, 1.165) is 0 Å². The molecular weight excluding hydrogens is 206 g/mol. The van der Waals surface area contributed by atoms with Gasteiger partial charge in [0, 0.05) is 5.69 Å². The van der Waals surface area contributed by atoms with E-state index >= 15 is 0 Å². The molecule has 1 aromatic heterocycles. The van der Waals surface area contributed by atoms with Gasteiger partial charge in [0.2, 0.25) is 0 Å². The van der Waals surface area contributed by atoms with E-state index in [0.29, 0.717) is 11.3 Å². The van der Waals surface area contributed by atoms with Gasteiger partial charge in [0.15, 0.2) is 5.78 Å². The van der Waals surface area contributed by atoms with E-state index in [9.17, 15) is 14.4 Å². The van der Waals surface area contributed by atoms with Crippen molar-refractivity contribution in [3.63, 3.8) is 0 Å². The van der Waals surface area contributed by atoms with Gasteiger partial charge in [0.25, 0.3) is 5.56 Å². The van der Waals surface area contributed by atoms with Gasteiger partial charge in [-0.25, -0.2) is 0 Å². The Morgan fingerprint density at radius 2 is 1.81 bits per heavy atom. The SMILES string of the molecule is CC(=O)Cn1c(C)cc(C)c(C(C)=O)c1=O. The van der Waals surface area contributed by atoms with Crippen LogP contribution < -0.4 is 5.56 Å². The van der Waals surface area contributed by atoms with Crippen LogP contribution in [0.4, 0.5) is 0 Å². The molecule has 0 amide bonds. The standard InChI is InChI=1S/C12H15NO3/c1-7-5-8(2)13(6-9(3)14)12(16)11(7)10(4)15/h5H,6H2,1-4H3. The molecule has 0 unspecified atom stereocenters. The highest BCUT2D eigenvalue weighted by atomic mass is 16.2. The van der Waals surface area contributed by atoms with E-state index in [4.69, 9.17) is 0 Å². The molecule has 0 saturated heterocycles. The van der Waals surface area contributed by atoms with Crippen molar-refractivity contribution in [2.75, 3.05) is 0 Å². The van der Waals surface area contributed by atoms with Gasteiger partial charge < -0.3 is 4.57 Å². The van der Waals surface area contributed by atoms with Crippen molar-refractivity contribution in [2.45, 2.75) is 34.2 Å². The minimum absolute atomic E-state index is 0.0191. The Hall–Kier alpha value is -1.71. The van der Waals surface area contributed by atoms with Crippen LogP contribution in [0.3, 0.4) is 0 Å². The molecule has 0 aliphatic rings. The van der Waals surface area contributed by atoms with Crippen LogP contribution in [0, 0.1) is 13.8 Å². The monoisotopic (exact) mass is 221 g/mol. The first-order valence-corrected chi connectivity index (χ1v) is 5.06. The number of hydrogen-bond donors (Lipinski definition) is 0. The molecule has 1 heterocycles. The summed E-state index contributed by atoms with van der Waals surface area (Å²) in [5.41, 5.74) is 1.16. The molecule has 0 atom stereocenters. The van der Waals surface area contributed by atoms with Crippen molar-refractivity contribution in [3.8, 4) is 0 Å². The van der Waals surface area contributed by atoms with Gasteiger partial charge in [-0.1, -0.05) is 0 Å². The van der Waals surface area contributed by atoms with E-state index in [2.05, 4.69) is 0 Å². The predicted molar refractivity (Wildman–Crippen MR) is 60.9 cm³/mol. The smallest absolute Gasteiger partial charge is 0.262 e. The van der Waals surface area contributed by atoms with Gasteiger partial charge >= 0.3 is 0 Å². The molecule has 0 bridgehead atoms. The van der Waals surface area contributed by atoms with Gasteiger partial charge in [0.05, 0.1) is 12.1 Å². The van der Waals surface area contributed by atoms with Crippen LogP contribution in [-0.4, -0.2) is 16.1 Å². The molecule has 4 heteroatoms. The summed E-state index contributed by atoms with van der Waals surface area (Å²) in [6, 6.07) is 1.75. The molecule has 0 spiro atoms. The zero-order valence-electron chi connectivity index (χ0n) is 9.96. The number of pyridine rings is 1. The predicted octanol–water partition coefficient (Wildman–Crippen LogP) is 1.26. The fraction of sp³-hybridized carbons (Fsp3) is 0.417. The third-order valence-electron chi connectivity index (χ3n) is 2.44. The van der Waals surface area contributed by atoms with Crippen LogP contribution in [0.15, 0.2) is 10.9 Å². The molecule has 0 N–H and O–H groups in total. The molecule has 0 saturated carbocycles. The van der Waals surface area contributed by atoms with Crippen molar-refractivity contribution in [1.29, 1.82) is 0 Å². The molecule has 4 nitrogen and oxygen atoms in total. The topological polar surface area (TPSA) is 56.1 Å². The van der Waals surface area contributed by atoms with Crippen molar-refractivity contribution >= 4 is 11.6 Å². The number of nitrogens with zero attached hydrogens (tertiary/aromatic N) is 1. The fourth-order valence-electron chi connectivity index (χ4n) is 1.77. The zero-order valence-corrected chi connectivity index (χ0v) is 9.96. The number of ketones is 2. The number of rotatable bonds is 3. The van der Waals surface area contributed by atoms with E-state index < -0.39 is 0 Å². The zero-order chi connectivity index (χ0) is 12.5. The number of aromatic nitrogens is 1. The number of hydrogen-bond acceptors (Lipinski definition) is 3. The normalized spacial score (nSPS) is 10.2. The maximum Gasteiger partial charge on any atom is 0.262 e. The summed E-state index contributed by atoms with van der Waals surface area (Å²) < 4.78 is 1.34. The van der Waals surface area contributed by atoms with Crippen LogP contribution in [0.25, 0.3) is 0 Å². The first-order valence-electron chi connectivity index (χ1n) is 5.06. The fourth-order valence-corrected chi connectivity index (χ4v) is 1.77. The Bertz CT molecular complexity index is 512. The lowest BCUT2D eigenvalue weighted by molar-refractivity contribution is -0.117. The van der Waals surface area contributed by atoms with Crippen LogP contribution >= 0.6 is 0 Å². The molecule has 0 aliphatic heterocycles. The Morgan fingerprint density at radius 3 is 2.25 bits per heavy atom. The average molecular weight is 221 g/mol. The second kappa shape index (κ2) is 4.43. The molecule has 86 valence electrons. The highest BCUT2D eigenvalue weighted by Crippen LogP contribution is 2.07. The molecule has 0 aliphatic carbocycles. The summed E-state index contributed by atoms with van der Waals surface area (Å²) in [5, 5.41) is 0. The Balaban J connectivity index is 3.51. The molecule has 0 aromatic carbocycles. The van der Waals surface area contributed by atoms with Crippen molar-refractivity contribution in [3.05, 3.63) is 33.2 Å². The summed E-state index contributed by atoms with van der Waals surface area (Å²) in [7, 11) is 0. The van der Waals surface area contributed by atoms with Crippen LogP contribution in [0.5, 0.6) is 0 Å². The van der Waals surface area contributed by atoms with Crippen LogP contribution in [-0.2, 0) is 11.3 Å². The van der Waals surface area contributed by atoms with Gasteiger partial charge in [-0.05, 0) is 39.3 Å². The molecule has 1 rings (SSSR count). The van der Waals surface area contributed by atoms with Crippen LogP contribution in [0.1, 0.15) is 35.5 Å². The summed E-state index contributed by atoms with van der Waals surface area (Å²) in [6.07, 6.45) is 0. The van der Waals surface area contributed by atoms with Gasteiger partial charge in [0.1, 0.15) is 5.78 Å². The Kier molecular flexibility index (Phi) is 3.42. The molecule has 16 heavy (non-hydrogen) atoms. The summed E-state index contributed by atoms with van der Waals surface area (Å²) in [5.74, 6) is -0.372. The maximum atomic E-state index is 12.0. The lowest BCUT2D eigenvalue weighted by Gasteiger charge is -2.11. The second-order valence-corrected chi connectivity index (χ2v) is 3.99. The number of aryl methyl sites for hydroxylation is 2. The molecular formula is C12H15NO3. The molecule has 0 fully saturated rings. The maximum absolute atomic E-state index is 12.0. The second-order valence-electron chi connectivity index (χ2n) is 3.99. The van der Waals surface area contributed by atoms with E-state index in [1.165, 1.54) is 18.4 Å². The molecule has 1 aromatic rings. The highest BCUT2D eigenvalue weighted by Gasteiger charge is 2.14. The first kappa shape index (κ1) is 12.4. The van der Waals surface area contributed by atoms with Gasteiger partial charge in [-0.15, -0.1) is 0 Å². The van der Waals surface area contributed by atoms with E-state index in [1.807, 2.05) is 0 Å². The van der Waals surface area contributed by atoms with E-state index in [1.54, 1.807) is 19.9 Å². The average Bonchev–Trinajstić information content (AvgIpc) is 2.10. The quantitative estimate of drug-likeness (QED) is 0.722.